The van der Waals surface area contributed by atoms with Gasteiger partial charge in [-0.1, -0.05) is 42.1 Å². The molecule has 2 aliphatic heterocycles. The van der Waals surface area contributed by atoms with Crippen molar-refractivity contribution in [1.29, 1.82) is 0 Å². The molecule has 2 N–H and O–H groups in total. The molecule has 3 heterocycles. The van der Waals surface area contributed by atoms with Crippen LogP contribution in [0, 0.1) is 0 Å². The first-order chi connectivity index (χ1) is 19.1. The molecule has 1 aromatic heterocycles. The molecule has 0 fully saturated rings. The van der Waals surface area contributed by atoms with Crippen molar-refractivity contribution < 1.29 is 19.1 Å². The number of anilines is 1. The molecular formula is C29H25N5O4S. The summed E-state index contributed by atoms with van der Waals surface area (Å²) in [6.45, 7) is 0. The Labute approximate surface area is 228 Å². The summed E-state index contributed by atoms with van der Waals surface area (Å²) in [5.74, 6) is 1.30. The lowest BCUT2D eigenvalue weighted by Gasteiger charge is -2.25. The number of hydrogen-bond donors (Lipinski definition) is 2. The summed E-state index contributed by atoms with van der Waals surface area (Å²) in [7, 11) is 3.09. The number of hydrogen-bond acceptors (Lipinski definition) is 7. The molecule has 0 bridgehead atoms. The molecule has 0 aliphatic carbocycles. The molecular weight excluding hydrogens is 514 g/mol. The SMILES string of the molecule is COc1ccc(NC(=O)CSC2=Nc3ccccc3C3=N[C@@H](Cc4c[nH]c5ccccc45)C(=O)N23)c(OC)c1. The van der Waals surface area contributed by atoms with Crippen LogP contribution in [-0.2, 0) is 16.0 Å². The monoisotopic (exact) mass is 539 g/mol. The number of aromatic nitrogens is 1. The first-order valence-corrected chi connectivity index (χ1v) is 13.3. The molecule has 3 aromatic carbocycles. The Balaban J connectivity index is 1.23. The van der Waals surface area contributed by atoms with E-state index in [0.29, 0.717) is 40.3 Å². The van der Waals surface area contributed by atoms with Crippen LogP contribution in [0.15, 0.2) is 82.9 Å². The van der Waals surface area contributed by atoms with Crippen LogP contribution in [0.5, 0.6) is 11.5 Å². The molecule has 2 amide bonds. The predicted molar refractivity (Wildman–Crippen MR) is 153 cm³/mol. The number of aromatic amines is 1. The first-order valence-electron chi connectivity index (χ1n) is 12.3. The largest absolute Gasteiger partial charge is 0.497 e. The van der Waals surface area contributed by atoms with Crippen molar-refractivity contribution >= 4 is 56.9 Å². The fourth-order valence-electron chi connectivity index (χ4n) is 4.76. The number of amidine groups is 2. The number of thioether (sulfide) groups is 1. The number of nitrogens with one attached hydrogen (secondary N) is 2. The zero-order chi connectivity index (χ0) is 26.9. The minimum atomic E-state index is -0.589. The second-order valence-corrected chi connectivity index (χ2v) is 9.96. The van der Waals surface area contributed by atoms with Crippen molar-refractivity contribution in [2.45, 2.75) is 12.5 Å². The third-order valence-corrected chi connectivity index (χ3v) is 7.59. The van der Waals surface area contributed by atoms with Crippen molar-refractivity contribution in [3.63, 3.8) is 0 Å². The second kappa shape index (κ2) is 10.3. The van der Waals surface area contributed by atoms with Crippen LogP contribution in [0.1, 0.15) is 11.1 Å². The van der Waals surface area contributed by atoms with Crippen LogP contribution in [-0.4, -0.2) is 58.7 Å². The van der Waals surface area contributed by atoms with E-state index < -0.39 is 6.04 Å². The highest BCUT2D eigenvalue weighted by Gasteiger charge is 2.41. The fraction of sp³-hybridized carbons (Fsp3) is 0.172. The number of fused-ring (bicyclic) bond motifs is 4. The van der Waals surface area contributed by atoms with E-state index >= 15 is 0 Å². The highest BCUT2D eigenvalue weighted by atomic mass is 32.2. The summed E-state index contributed by atoms with van der Waals surface area (Å²) in [5.41, 5.74) is 4.08. The van der Waals surface area contributed by atoms with Crippen molar-refractivity contribution in [3.8, 4) is 11.5 Å². The fourth-order valence-corrected chi connectivity index (χ4v) is 5.56. The van der Waals surface area contributed by atoms with Crippen LogP contribution in [0.2, 0.25) is 0 Å². The number of aliphatic imine (C=N–C) groups is 2. The maximum absolute atomic E-state index is 13.7. The number of rotatable bonds is 7. The molecule has 0 saturated heterocycles. The maximum atomic E-state index is 13.7. The second-order valence-electron chi connectivity index (χ2n) is 9.02. The number of benzene rings is 3. The number of carbonyl (C=O) groups is 2. The van der Waals surface area contributed by atoms with Crippen molar-refractivity contribution in [3.05, 3.63) is 84.1 Å². The van der Waals surface area contributed by atoms with E-state index in [1.807, 2.05) is 54.7 Å². The van der Waals surface area contributed by atoms with Gasteiger partial charge in [-0.05, 0) is 35.9 Å². The van der Waals surface area contributed by atoms with Gasteiger partial charge in [0, 0.05) is 35.2 Å². The van der Waals surface area contributed by atoms with Crippen LogP contribution < -0.4 is 14.8 Å². The zero-order valence-electron chi connectivity index (χ0n) is 21.3. The standard InChI is InChI=1S/C29H25N5O4S/c1-37-18-11-12-23(25(14-18)38-2)31-26(35)16-39-29-33-22-10-6-4-8-20(22)27-32-24(28(36)34(27)29)13-17-15-30-21-9-5-3-7-19(17)21/h3-12,14-15,24,30H,13,16H2,1-2H3,(H,31,35)/t24-/m0/s1. The molecule has 10 heteroatoms. The maximum Gasteiger partial charge on any atom is 0.259 e. The Morgan fingerprint density at radius 2 is 1.90 bits per heavy atom. The third-order valence-electron chi connectivity index (χ3n) is 6.65. The number of methoxy groups -OCH3 is 2. The molecule has 6 rings (SSSR count). The van der Waals surface area contributed by atoms with Gasteiger partial charge in [-0.3, -0.25) is 14.6 Å². The Morgan fingerprint density at radius 3 is 2.74 bits per heavy atom. The summed E-state index contributed by atoms with van der Waals surface area (Å²) >= 11 is 1.19. The van der Waals surface area contributed by atoms with E-state index in [0.717, 1.165) is 22.0 Å². The van der Waals surface area contributed by atoms with Gasteiger partial charge in [0.05, 0.1) is 31.3 Å². The normalized spacial score (nSPS) is 15.9. The molecule has 0 saturated carbocycles. The number of carbonyl (C=O) groups excluding carboxylic acids is 2. The minimum absolute atomic E-state index is 0.0420. The van der Waals surface area contributed by atoms with E-state index in [2.05, 4.69) is 10.3 Å². The van der Waals surface area contributed by atoms with E-state index in [1.54, 1.807) is 30.2 Å². The van der Waals surface area contributed by atoms with E-state index in [-0.39, 0.29) is 17.6 Å². The topological polar surface area (TPSA) is 108 Å². The molecule has 4 aromatic rings. The lowest BCUT2D eigenvalue weighted by molar-refractivity contribution is -0.124. The molecule has 9 nitrogen and oxygen atoms in total. The number of nitrogens with zero attached hydrogens (tertiary/aromatic N) is 3. The van der Waals surface area contributed by atoms with Crippen LogP contribution in [0.3, 0.4) is 0 Å². The van der Waals surface area contributed by atoms with E-state index in [1.165, 1.54) is 18.9 Å². The van der Waals surface area contributed by atoms with Crippen LogP contribution >= 0.6 is 11.8 Å². The zero-order valence-corrected chi connectivity index (χ0v) is 22.1. The van der Waals surface area contributed by atoms with Gasteiger partial charge in [0.2, 0.25) is 5.91 Å². The Kier molecular flexibility index (Phi) is 6.54. The molecule has 39 heavy (non-hydrogen) atoms. The molecule has 2 aliphatic rings. The lowest BCUT2D eigenvalue weighted by atomic mass is 10.1. The van der Waals surface area contributed by atoms with Gasteiger partial charge in [-0.2, -0.15) is 0 Å². The third kappa shape index (κ3) is 4.63. The highest BCUT2D eigenvalue weighted by molar-refractivity contribution is 8.14. The Hall–Kier alpha value is -4.57. The molecule has 1 atom stereocenters. The van der Waals surface area contributed by atoms with Gasteiger partial charge in [-0.25, -0.2) is 9.89 Å². The average molecular weight is 540 g/mol. The summed E-state index contributed by atoms with van der Waals surface area (Å²) < 4.78 is 10.6. The van der Waals surface area contributed by atoms with Gasteiger partial charge in [0.1, 0.15) is 23.4 Å². The van der Waals surface area contributed by atoms with E-state index in [4.69, 9.17) is 19.5 Å². The number of amides is 2. The number of para-hydroxylation sites is 2. The molecule has 196 valence electrons. The van der Waals surface area contributed by atoms with Gasteiger partial charge in [-0.15, -0.1) is 0 Å². The van der Waals surface area contributed by atoms with Gasteiger partial charge in [0.25, 0.3) is 5.91 Å². The quantitative estimate of drug-likeness (QED) is 0.352. The highest BCUT2D eigenvalue weighted by Crippen LogP contribution is 2.35. The predicted octanol–water partition coefficient (Wildman–Crippen LogP) is 4.76. The number of H-pyrrole nitrogens is 1. The summed E-state index contributed by atoms with van der Waals surface area (Å²) in [5, 5.41) is 4.37. The Morgan fingerprint density at radius 1 is 1.08 bits per heavy atom. The summed E-state index contributed by atoms with van der Waals surface area (Å²) in [6, 6.07) is 20.2. The van der Waals surface area contributed by atoms with Gasteiger partial charge >= 0.3 is 0 Å². The van der Waals surface area contributed by atoms with Crippen molar-refractivity contribution in [1.82, 2.24) is 9.88 Å². The molecule has 0 radical (unpaired) electrons. The Bertz CT molecular complexity index is 1660. The summed E-state index contributed by atoms with van der Waals surface area (Å²) in [6.07, 6.45) is 2.39. The first kappa shape index (κ1) is 24.7. The van der Waals surface area contributed by atoms with Gasteiger partial charge in [0.15, 0.2) is 5.17 Å². The van der Waals surface area contributed by atoms with Crippen molar-refractivity contribution in [2.24, 2.45) is 9.98 Å². The van der Waals surface area contributed by atoms with E-state index in [9.17, 15) is 9.59 Å². The molecule has 0 spiro atoms. The minimum Gasteiger partial charge on any atom is -0.497 e. The smallest absolute Gasteiger partial charge is 0.259 e. The van der Waals surface area contributed by atoms with Crippen LogP contribution in [0.25, 0.3) is 10.9 Å². The van der Waals surface area contributed by atoms with Gasteiger partial charge < -0.3 is 19.8 Å². The average Bonchev–Trinajstić information content (AvgIpc) is 3.53. The van der Waals surface area contributed by atoms with Crippen molar-refractivity contribution in [2.75, 3.05) is 25.3 Å². The van der Waals surface area contributed by atoms with Crippen LogP contribution in [0.4, 0.5) is 11.4 Å². The number of ether oxygens (including phenoxy) is 2. The lowest BCUT2D eigenvalue weighted by Crippen LogP contribution is -2.41. The summed E-state index contributed by atoms with van der Waals surface area (Å²) in [4.78, 5) is 41.0. The molecule has 0 unspecified atom stereocenters.